The van der Waals surface area contributed by atoms with Gasteiger partial charge in [-0.25, -0.2) is 4.98 Å². The number of nitrogens with zero attached hydrogens (tertiary/aromatic N) is 4. The van der Waals surface area contributed by atoms with Crippen LogP contribution in [-0.2, 0) is 0 Å². The number of anilines is 3. The zero-order chi connectivity index (χ0) is 25.1. The second-order valence-electron chi connectivity index (χ2n) is 11.0. The maximum absolute atomic E-state index is 13.3. The highest BCUT2D eigenvalue weighted by Gasteiger charge is 2.39. The van der Waals surface area contributed by atoms with Gasteiger partial charge in [-0.15, -0.1) is 0 Å². The Bertz CT molecular complexity index is 1220. The average molecular weight is 488 g/mol. The quantitative estimate of drug-likeness (QED) is 0.386. The molecule has 5 rings (SSSR count). The molecule has 1 N–H and O–H groups in total. The Morgan fingerprint density at radius 2 is 1.72 bits per heavy atom. The fraction of sp³-hybridized carbons (Fsp3) is 0.567. The van der Waals surface area contributed by atoms with Crippen molar-refractivity contribution >= 4 is 28.4 Å². The van der Waals surface area contributed by atoms with E-state index >= 15 is 0 Å². The average Bonchev–Trinajstić information content (AvgIpc) is 2.93. The lowest BCUT2D eigenvalue weighted by atomic mass is 9.64. The number of pyridine rings is 1. The van der Waals surface area contributed by atoms with Crippen LogP contribution in [-0.4, -0.2) is 27.6 Å². The lowest BCUT2D eigenvalue weighted by molar-refractivity contribution is 0.0826. The van der Waals surface area contributed by atoms with Crippen molar-refractivity contribution in [2.45, 2.75) is 84.6 Å². The van der Waals surface area contributed by atoms with E-state index in [-0.39, 0.29) is 11.6 Å². The molecule has 1 aromatic carbocycles. The summed E-state index contributed by atoms with van der Waals surface area (Å²) < 4.78 is 1.98. The lowest BCUT2D eigenvalue weighted by Crippen LogP contribution is -2.37. The van der Waals surface area contributed by atoms with Crippen LogP contribution < -0.4 is 15.8 Å². The normalized spacial score (nSPS) is 22.0. The van der Waals surface area contributed by atoms with Crippen LogP contribution in [0, 0.1) is 11.3 Å². The van der Waals surface area contributed by atoms with E-state index in [1.54, 1.807) is 6.07 Å². The number of hydrogen-bond donors (Lipinski definition) is 1. The topological polar surface area (TPSA) is 63.1 Å². The number of fused-ring (bicyclic) bond motifs is 1. The molecule has 36 heavy (non-hydrogen) atoms. The van der Waals surface area contributed by atoms with Crippen molar-refractivity contribution in [3.05, 3.63) is 52.9 Å². The number of benzene rings is 1. The maximum Gasteiger partial charge on any atom is 0.252 e. The Morgan fingerprint density at radius 3 is 2.42 bits per heavy atom. The standard InChI is InChI=1S/C30H41N5O/c1-4-22-18-26(20-30(5-2,6-3)19-22)35-27(36)15-10-23-21-31-29(33-28(23)35)32-24-11-13-25(14-12-24)34-16-8-7-9-17-34/h10-15,21-22,26H,4-9,16-20H2,1-3H3,(H,31,32,33). The van der Waals surface area contributed by atoms with Gasteiger partial charge in [-0.2, -0.15) is 4.98 Å². The third-order valence-electron chi connectivity index (χ3n) is 8.95. The summed E-state index contributed by atoms with van der Waals surface area (Å²) in [7, 11) is 0. The minimum Gasteiger partial charge on any atom is -0.372 e. The predicted octanol–water partition coefficient (Wildman–Crippen LogP) is 7.08. The van der Waals surface area contributed by atoms with E-state index in [0.717, 1.165) is 61.9 Å². The van der Waals surface area contributed by atoms with Gasteiger partial charge in [0.1, 0.15) is 5.65 Å². The molecule has 3 aromatic rings. The molecule has 0 radical (unpaired) electrons. The molecule has 2 aliphatic rings. The summed E-state index contributed by atoms with van der Waals surface area (Å²) in [5.74, 6) is 1.18. The van der Waals surface area contributed by atoms with Crippen molar-refractivity contribution in [3.8, 4) is 0 Å². The summed E-state index contributed by atoms with van der Waals surface area (Å²) in [6.07, 6.45) is 12.5. The van der Waals surface area contributed by atoms with E-state index in [1.165, 1.54) is 31.4 Å². The molecule has 3 heterocycles. The first-order valence-electron chi connectivity index (χ1n) is 14.0. The zero-order valence-corrected chi connectivity index (χ0v) is 22.2. The van der Waals surface area contributed by atoms with Gasteiger partial charge in [-0.1, -0.05) is 40.0 Å². The predicted molar refractivity (Wildman–Crippen MR) is 149 cm³/mol. The van der Waals surface area contributed by atoms with Gasteiger partial charge in [-0.3, -0.25) is 9.36 Å². The smallest absolute Gasteiger partial charge is 0.252 e. The van der Waals surface area contributed by atoms with Crippen molar-refractivity contribution in [1.29, 1.82) is 0 Å². The third-order valence-corrected chi connectivity index (χ3v) is 8.95. The van der Waals surface area contributed by atoms with Crippen LogP contribution in [0.5, 0.6) is 0 Å². The first-order chi connectivity index (χ1) is 17.5. The Labute approximate surface area is 215 Å². The Morgan fingerprint density at radius 1 is 0.972 bits per heavy atom. The van der Waals surface area contributed by atoms with Gasteiger partial charge in [0.2, 0.25) is 5.95 Å². The van der Waals surface area contributed by atoms with E-state index in [9.17, 15) is 4.79 Å². The SMILES string of the molecule is CCC1CC(n2c(=O)ccc3cnc(Nc4ccc(N5CCCCC5)cc4)nc32)CC(CC)(CC)C1. The largest absolute Gasteiger partial charge is 0.372 e. The molecule has 1 aliphatic carbocycles. The Kier molecular flexibility index (Phi) is 7.31. The van der Waals surface area contributed by atoms with Gasteiger partial charge in [0.05, 0.1) is 0 Å². The highest BCUT2D eigenvalue weighted by Crippen LogP contribution is 2.49. The lowest BCUT2D eigenvalue weighted by Gasteiger charge is -2.44. The second kappa shape index (κ2) is 10.6. The highest BCUT2D eigenvalue weighted by atomic mass is 16.1. The van der Waals surface area contributed by atoms with E-state index in [2.05, 4.69) is 60.2 Å². The summed E-state index contributed by atoms with van der Waals surface area (Å²) in [6.45, 7) is 9.18. The van der Waals surface area contributed by atoms with Crippen LogP contribution in [0.25, 0.3) is 11.0 Å². The number of nitrogens with one attached hydrogen (secondary N) is 1. The zero-order valence-electron chi connectivity index (χ0n) is 22.2. The van der Waals surface area contributed by atoms with E-state index < -0.39 is 0 Å². The monoisotopic (exact) mass is 487 g/mol. The van der Waals surface area contributed by atoms with Gasteiger partial charge in [-0.05, 0) is 80.2 Å². The Balaban J connectivity index is 1.44. The van der Waals surface area contributed by atoms with Crippen LogP contribution >= 0.6 is 0 Å². The van der Waals surface area contributed by atoms with E-state index in [1.807, 2.05) is 16.8 Å². The summed E-state index contributed by atoms with van der Waals surface area (Å²) in [6, 6.07) is 12.3. The molecule has 1 saturated heterocycles. The molecule has 0 spiro atoms. The van der Waals surface area contributed by atoms with Crippen LogP contribution in [0.4, 0.5) is 17.3 Å². The van der Waals surface area contributed by atoms with Gasteiger partial charge >= 0.3 is 0 Å². The third kappa shape index (κ3) is 5.00. The first-order valence-corrected chi connectivity index (χ1v) is 14.0. The fourth-order valence-electron chi connectivity index (χ4n) is 6.57. The molecular weight excluding hydrogens is 446 g/mol. The second-order valence-corrected chi connectivity index (χ2v) is 11.0. The molecule has 192 valence electrons. The van der Waals surface area contributed by atoms with Crippen LogP contribution in [0.2, 0.25) is 0 Å². The molecule has 1 saturated carbocycles. The number of hydrogen-bond acceptors (Lipinski definition) is 5. The fourth-order valence-corrected chi connectivity index (χ4v) is 6.57. The van der Waals surface area contributed by atoms with Gasteiger partial charge in [0, 0.05) is 48.2 Å². The van der Waals surface area contributed by atoms with Crippen molar-refractivity contribution in [2.24, 2.45) is 11.3 Å². The molecular formula is C30H41N5O. The van der Waals surface area contributed by atoms with E-state index in [0.29, 0.717) is 17.3 Å². The molecule has 2 atom stereocenters. The number of piperidine rings is 1. The van der Waals surface area contributed by atoms with Crippen LogP contribution in [0.1, 0.15) is 84.6 Å². The highest BCUT2D eigenvalue weighted by molar-refractivity contribution is 5.76. The van der Waals surface area contributed by atoms with E-state index in [4.69, 9.17) is 4.98 Å². The molecule has 6 heteroatoms. The van der Waals surface area contributed by atoms with Gasteiger partial charge < -0.3 is 10.2 Å². The van der Waals surface area contributed by atoms with Crippen molar-refractivity contribution in [2.75, 3.05) is 23.3 Å². The van der Waals surface area contributed by atoms with Gasteiger partial charge in [0.15, 0.2) is 0 Å². The number of rotatable bonds is 7. The molecule has 2 fully saturated rings. The molecule has 0 amide bonds. The van der Waals surface area contributed by atoms with Crippen LogP contribution in [0.15, 0.2) is 47.4 Å². The molecule has 1 aliphatic heterocycles. The summed E-state index contributed by atoms with van der Waals surface area (Å²) in [4.78, 5) is 25.2. The molecule has 2 unspecified atom stereocenters. The molecule has 2 aromatic heterocycles. The first kappa shape index (κ1) is 24.8. The maximum atomic E-state index is 13.3. The molecule has 0 bridgehead atoms. The van der Waals surface area contributed by atoms with Crippen molar-refractivity contribution in [3.63, 3.8) is 0 Å². The number of aromatic nitrogens is 3. The summed E-state index contributed by atoms with van der Waals surface area (Å²) in [5, 5.41) is 4.29. The molecule has 6 nitrogen and oxygen atoms in total. The minimum atomic E-state index is 0.0425. The summed E-state index contributed by atoms with van der Waals surface area (Å²) in [5.41, 5.74) is 3.31. The minimum absolute atomic E-state index is 0.0425. The Hall–Kier alpha value is -2.89. The van der Waals surface area contributed by atoms with Crippen LogP contribution in [0.3, 0.4) is 0 Å². The van der Waals surface area contributed by atoms with Crippen molar-refractivity contribution < 1.29 is 0 Å². The summed E-state index contributed by atoms with van der Waals surface area (Å²) >= 11 is 0. The van der Waals surface area contributed by atoms with Crippen molar-refractivity contribution in [1.82, 2.24) is 14.5 Å². The van der Waals surface area contributed by atoms with Gasteiger partial charge in [0.25, 0.3) is 5.56 Å².